The van der Waals surface area contributed by atoms with Gasteiger partial charge in [0.05, 0.1) is 42.2 Å². The molecule has 1 fully saturated rings. The first kappa shape index (κ1) is 22.3. The zero-order valence-corrected chi connectivity index (χ0v) is 19.4. The Bertz CT molecular complexity index is 1160. The number of benzene rings is 1. The minimum atomic E-state index is -0.174. The van der Waals surface area contributed by atoms with Gasteiger partial charge in [-0.05, 0) is 43.0 Å². The molecule has 3 aromatic rings. The van der Waals surface area contributed by atoms with E-state index in [1.165, 1.54) is 0 Å². The summed E-state index contributed by atoms with van der Waals surface area (Å²) < 4.78 is 7.65. The lowest BCUT2D eigenvalue weighted by atomic mass is 10.0. The summed E-state index contributed by atoms with van der Waals surface area (Å²) in [5, 5.41) is 3.16. The maximum absolute atomic E-state index is 13.7. The van der Waals surface area contributed by atoms with Crippen molar-refractivity contribution in [2.75, 3.05) is 13.2 Å². The van der Waals surface area contributed by atoms with Gasteiger partial charge in [0.1, 0.15) is 5.69 Å². The van der Waals surface area contributed by atoms with Crippen molar-refractivity contribution >= 4 is 11.8 Å². The largest absolute Gasteiger partial charge is 0.373 e. The Morgan fingerprint density at radius 2 is 1.97 bits per heavy atom. The van der Waals surface area contributed by atoms with Crippen LogP contribution in [0.5, 0.6) is 0 Å². The number of rotatable bonds is 6. The number of carbonyl (C=O) groups is 2. The fraction of sp³-hybridized carbons (Fsp3) is 0.370. The number of likely N-dealkylation sites (tertiary alicyclic amines) is 1. The molecule has 34 heavy (non-hydrogen) atoms. The van der Waals surface area contributed by atoms with Crippen molar-refractivity contribution in [1.29, 1.82) is 0 Å². The number of carbonyl (C=O) groups excluding carboxylic acids is 2. The Hall–Kier alpha value is -3.45. The number of nitrogens with one attached hydrogen (secondary N) is 1. The highest BCUT2D eigenvalue weighted by molar-refractivity contribution is 6.01. The van der Waals surface area contributed by atoms with Crippen molar-refractivity contribution < 1.29 is 14.3 Å². The van der Waals surface area contributed by atoms with Gasteiger partial charge in [-0.1, -0.05) is 43.3 Å². The van der Waals surface area contributed by atoms with Gasteiger partial charge in [0.15, 0.2) is 0 Å². The molecule has 4 heterocycles. The van der Waals surface area contributed by atoms with E-state index in [2.05, 4.69) is 17.2 Å². The number of ether oxygens (including phenoxy) is 1. The first-order valence-electron chi connectivity index (χ1n) is 12.0. The summed E-state index contributed by atoms with van der Waals surface area (Å²) in [6, 6.07) is 17.4. The van der Waals surface area contributed by atoms with Gasteiger partial charge in [-0.25, -0.2) is 0 Å². The molecule has 0 bridgehead atoms. The van der Waals surface area contributed by atoms with Crippen LogP contribution >= 0.6 is 0 Å². The first-order chi connectivity index (χ1) is 16.7. The van der Waals surface area contributed by atoms with E-state index in [1.54, 1.807) is 12.3 Å². The third-order valence-corrected chi connectivity index (χ3v) is 6.83. The molecule has 2 atom stereocenters. The van der Waals surface area contributed by atoms with Crippen LogP contribution in [0, 0.1) is 0 Å². The summed E-state index contributed by atoms with van der Waals surface area (Å²) in [5.41, 5.74) is 3.82. The monoisotopic (exact) mass is 458 g/mol. The van der Waals surface area contributed by atoms with Crippen LogP contribution < -0.4 is 5.32 Å². The zero-order valence-electron chi connectivity index (χ0n) is 19.4. The molecule has 2 unspecified atom stereocenters. The zero-order chi connectivity index (χ0) is 23.5. The molecule has 0 aliphatic carbocycles. The smallest absolute Gasteiger partial charge is 0.271 e. The van der Waals surface area contributed by atoms with E-state index in [0.717, 1.165) is 36.2 Å². The standard InChI is InChI=1S/C27H30N4O3/c1-2-21(19-9-4-3-5-10-19)29-26(32)20-17-24(30-15-16-34-18-25(20)30)27(33)31-14-8-12-23(31)22-11-6-7-13-28-22/h3-7,9-11,13,17,21,23H,2,8,12,14-16,18H2,1H3,(H,29,32). The van der Waals surface area contributed by atoms with Crippen molar-refractivity contribution in [3.63, 3.8) is 0 Å². The lowest BCUT2D eigenvalue weighted by Crippen LogP contribution is -2.33. The Morgan fingerprint density at radius 3 is 2.74 bits per heavy atom. The van der Waals surface area contributed by atoms with E-state index >= 15 is 0 Å². The van der Waals surface area contributed by atoms with Crippen molar-refractivity contribution in [3.05, 3.63) is 89.0 Å². The molecule has 1 N–H and O–H groups in total. The highest BCUT2D eigenvalue weighted by Crippen LogP contribution is 2.33. The molecule has 176 valence electrons. The summed E-state index contributed by atoms with van der Waals surface area (Å²) in [4.78, 5) is 33.5. The number of aromatic nitrogens is 2. The van der Waals surface area contributed by atoms with E-state index in [-0.39, 0.29) is 23.9 Å². The molecule has 0 spiro atoms. The SMILES string of the molecule is CCC(NC(=O)c1cc(C(=O)N2CCCC2c2ccccn2)n2c1COCC2)c1ccccc1. The number of hydrogen-bond acceptors (Lipinski definition) is 4. The van der Waals surface area contributed by atoms with Crippen LogP contribution in [-0.4, -0.2) is 39.4 Å². The fourth-order valence-corrected chi connectivity index (χ4v) is 5.08. The minimum Gasteiger partial charge on any atom is -0.373 e. The molecule has 5 rings (SSSR count). The Balaban J connectivity index is 1.44. The van der Waals surface area contributed by atoms with Crippen LogP contribution in [0.15, 0.2) is 60.8 Å². The molecular formula is C27H30N4O3. The lowest BCUT2D eigenvalue weighted by Gasteiger charge is -2.26. The maximum atomic E-state index is 13.7. The third kappa shape index (κ3) is 4.23. The van der Waals surface area contributed by atoms with Gasteiger partial charge in [0.2, 0.25) is 0 Å². The predicted molar refractivity (Wildman–Crippen MR) is 128 cm³/mol. The molecule has 2 aliphatic rings. The van der Waals surface area contributed by atoms with Crippen molar-refractivity contribution in [3.8, 4) is 0 Å². The summed E-state index contributed by atoms with van der Waals surface area (Å²) in [5.74, 6) is -0.225. The topological polar surface area (TPSA) is 76.5 Å². The fourth-order valence-electron chi connectivity index (χ4n) is 5.08. The van der Waals surface area contributed by atoms with Crippen LogP contribution in [0.3, 0.4) is 0 Å². The Labute approximate surface area is 199 Å². The van der Waals surface area contributed by atoms with Crippen LogP contribution in [0.1, 0.15) is 76.1 Å². The van der Waals surface area contributed by atoms with Crippen LogP contribution in [-0.2, 0) is 17.9 Å². The predicted octanol–water partition coefficient (Wildman–Crippen LogP) is 4.27. The Morgan fingerprint density at radius 1 is 1.15 bits per heavy atom. The average Bonchev–Trinajstić information content (AvgIpc) is 3.53. The van der Waals surface area contributed by atoms with E-state index < -0.39 is 0 Å². The van der Waals surface area contributed by atoms with Gasteiger partial charge in [-0.15, -0.1) is 0 Å². The van der Waals surface area contributed by atoms with Crippen molar-refractivity contribution in [1.82, 2.24) is 19.8 Å². The maximum Gasteiger partial charge on any atom is 0.271 e. The van der Waals surface area contributed by atoms with Crippen molar-refractivity contribution in [2.24, 2.45) is 0 Å². The van der Waals surface area contributed by atoms with Crippen molar-refractivity contribution in [2.45, 2.75) is 51.4 Å². The summed E-state index contributed by atoms with van der Waals surface area (Å²) in [7, 11) is 0. The van der Waals surface area contributed by atoms with Gasteiger partial charge in [-0.2, -0.15) is 0 Å². The van der Waals surface area contributed by atoms with Gasteiger partial charge < -0.3 is 19.5 Å². The summed E-state index contributed by atoms with van der Waals surface area (Å²) in [6.45, 7) is 4.14. The molecule has 2 aromatic heterocycles. The highest BCUT2D eigenvalue weighted by atomic mass is 16.5. The number of fused-ring (bicyclic) bond motifs is 1. The molecule has 0 radical (unpaired) electrons. The van der Waals surface area contributed by atoms with Gasteiger partial charge in [0.25, 0.3) is 11.8 Å². The molecular weight excluding hydrogens is 428 g/mol. The van der Waals surface area contributed by atoms with E-state index in [9.17, 15) is 9.59 Å². The van der Waals surface area contributed by atoms with Crippen LogP contribution in [0.2, 0.25) is 0 Å². The molecule has 7 nitrogen and oxygen atoms in total. The minimum absolute atomic E-state index is 0.0421. The number of hydrogen-bond donors (Lipinski definition) is 1. The second kappa shape index (κ2) is 9.81. The molecule has 1 aromatic carbocycles. The second-order valence-electron chi connectivity index (χ2n) is 8.85. The number of amides is 2. The normalized spacial score (nSPS) is 18.4. The second-order valence-corrected chi connectivity index (χ2v) is 8.85. The molecule has 0 saturated carbocycles. The first-order valence-corrected chi connectivity index (χ1v) is 12.0. The quantitative estimate of drug-likeness (QED) is 0.599. The Kier molecular flexibility index (Phi) is 6.45. The summed E-state index contributed by atoms with van der Waals surface area (Å²) >= 11 is 0. The van der Waals surface area contributed by atoms with E-state index in [0.29, 0.717) is 37.6 Å². The number of pyridine rings is 1. The van der Waals surface area contributed by atoms with E-state index in [1.807, 2.05) is 58.0 Å². The molecule has 7 heteroatoms. The van der Waals surface area contributed by atoms with Crippen LogP contribution in [0.25, 0.3) is 0 Å². The molecule has 1 saturated heterocycles. The van der Waals surface area contributed by atoms with Gasteiger partial charge in [-0.3, -0.25) is 14.6 Å². The van der Waals surface area contributed by atoms with E-state index in [4.69, 9.17) is 4.74 Å². The van der Waals surface area contributed by atoms with Crippen LogP contribution in [0.4, 0.5) is 0 Å². The molecule has 2 amide bonds. The average molecular weight is 459 g/mol. The lowest BCUT2D eigenvalue weighted by molar-refractivity contribution is 0.0673. The number of nitrogens with zero attached hydrogens (tertiary/aromatic N) is 3. The van der Waals surface area contributed by atoms with Gasteiger partial charge >= 0.3 is 0 Å². The summed E-state index contributed by atoms with van der Waals surface area (Å²) in [6.07, 6.45) is 4.37. The van der Waals surface area contributed by atoms with Gasteiger partial charge in [0, 0.05) is 19.3 Å². The third-order valence-electron chi connectivity index (χ3n) is 6.83. The molecule has 2 aliphatic heterocycles. The highest BCUT2D eigenvalue weighted by Gasteiger charge is 2.35.